The fraction of sp³-hybridized carbons (Fsp3) is 0.407. The molecule has 0 N–H and O–H groups in total. The first-order valence-electron chi connectivity index (χ1n) is 11.6. The van der Waals surface area contributed by atoms with Gasteiger partial charge in [-0.05, 0) is 68.7 Å². The highest BCUT2D eigenvalue weighted by Gasteiger charge is 2.37. The second-order valence-electron chi connectivity index (χ2n) is 8.82. The van der Waals surface area contributed by atoms with E-state index in [1.165, 1.54) is 23.9 Å². The second-order valence-corrected chi connectivity index (χ2v) is 9.91. The lowest BCUT2D eigenvalue weighted by Crippen LogP contribution is -2.33. The number of hydrogen-bond acceptors (Lipinski definition) is 6. The van der Waals surface area contributed by atoms with E-state index in [2.05, 4.69) is 0 Å². The first kappa shape index (κ1) is 27.6. The van der Waals surface area contributed by atoms with Crippen LogP contribution in [0, 0.1) is 26.7 Å². The topological polar surface area (TPSA) is 61.8 Å². The molecule has 2 atom stereocenters. The molecule has 5 nitrogen and oxygen atoms in total. The lowest BCUT2D eigenvalue weighted by Gasteiger charge is -2.31. The number of carbonyl (C=O) groups excluding carboxylic acids is 2. The Morgan fingerprint density at radius 2 is 1.75 bits per heavy atom. The maximum absolute atomic E-state index is 13.2. The van der Waals surface area contributed by atoms with Gasteiger partial charge in [0.05, 0.1) is 12.2 Å². The molecule has 2 aromatic rings. The van der Waals surface area contributed by atoms with E-state index in [0.29, 0.717) is 16.2 Å². The quantitative estimate of drug-likeness (QED) is 0.282. The predicted octanol–water partition coefficient (Wildman–Crippen LogP) is 7.26. The van der Waals surface area contributed by atoms with E-state index in [0.717, 1.165) is 28.8 Å². The van der Waals surface area contributed by atoms with Gasteiger partial charge in [-0.3, -0.25) is 0 Å². The number of cyclic esters (lactones) is 1. The lowest BCUT2D eigenvalue weighted by molar-refractivity contribution is -0.146. The molecule has 0 aromatic heterocycles. The zero-order valence-electron chi connectivity index (χ0n) is 20.8. The van der Waals surface area contributed by atoms with Crippen LogP contribution in [0.15, 0.2) is 47.1 Å². The van der Waals surface area contributed by atoms with Crippen LogP contribution in [0.3, 0.4) is 0 Å². The fourth-order valence-corrected chi connectivity index (χ4v) is 5.18. The van der Waals surface area contributed by atoms with Gasteiger partial charge in [-0.1, -0.05) is 24.6 Å². The summed E-state index contributed by atoms with van der Waals surface area (Å²) in [6.45, 7) is 9.38. The molecule has 0 amide bonds. The normalized spacial score (nSPS) is 17.0. The average Bonchev–Trinajstić information content (AvgIpc) is 2.78. The molecule has 1 aliphatic rings. The summed E-state index contributed by atoms with van der Waals surface area (Å²) in [5.41, 5.74) is 2.91. The van der Waals surface area contributed by atoms with Crippen LogP contribution < -0.4 is 0 Å². The SMILES string of the molecule is CCOC(=O)OC1=C(c2c(C)cc(C)cc2C)C(=O)OC(C(C)CSc2ccc(C(F)(F)F)cc2)C1. The number of ether oxygens (including phenoxy) is 3. The minimum absolute atomic E-state index is 0.123. The van der Waals surface area contributed by atoms with Gasteiger partial charge in [0.1, 0.15) is 17.4 Å². The van der Waals surface area contributed by atoms with Crippen molar-refractivity contribution in [3.8, 4) is 0 Å². The van der Waals surface area contributed by atoms with Crippen LogP contribution in [0.4, 0.5) is 18.0 Å². The zero-order chi connectivity index (χ0) is 26.6. The van der Waals surface area contributed by atoms with Crippen molar-refractivity contribution in [2.24, 2.45) is 5.92 Å². The van der Waals surface area contributed by atoms with E-state index in [-0.39, 0.29) is 30.3 Å². The third-order valence-electron chi connectivity index (χ3n) is 5.85. The van der Waals surface area contributed by atoms with Gasteiger partial charge in [0.2, 0.25) is 0 Å². The van der Waals surface area contributed by atoms with Gasteiger partial charge in [0.25, 0.3) is 0 Å². The molecule has 0 saturated carbocycles. The molecule has 1 heterocycles. The molecule has 0 aliphatic carbocycles. The summed E-state index contributed by atoms with van der Waals surface area (Å²) in [5, 5.41) is 0. The van der Waals surface area contributed by atoms with Crippen LogP contribution in [-0.4, -0.2) is 30.6 Å². The number of aryl methyl sites for hydroxylation is 3. The molecular weight excluding hydrogens is 493 g/mol. The molecule has 3 rings (SSSR count). The molecular formula is C27H29F3O5S. The molecule has 0 radical (unpaired) electrons. The first-order valence-corrected chi connectivity index (χ1v) is 12.6. The van der Waals surface area contributed by atoms with Crippen molar-refractivity contribution in [3.63, 3.8) is 0 Å². The Hall–Kier alpha value is -2.94. The summed E-state index contributed by atoms with van der Waals surface area (Å²) in [6.07, 6.45) is -5.70. The summed E-state index contributed by atoms with van der Waals surface area (Å²) in [7, 11) is 0. The Bertz CT molecular complexity index is 1130. The molecule has 0 bridgehead atoms. The summed E-state index contributed by atoms with van der Waals surface area (Å²) in [4.78, 5) is 26.1. The minimum atomic E-state index is -4.39. The molecule has 2 aromatic carbocycles. The zero-order valence-corrected chi connectivity index (χ0v) is 21.6. The standard InChI is InChI=1S/C27H29F3O5S/c1-6-33-26(32)35-22-13-21(18(5)14-36-20-9-7-19(8-10-20)27(28,29)30)34-25(31)24(22)23-16(3)11-15(2)12-17(23)4/h7-12,18,21H,6,13-14H2,1-5H3. The summed E-state index contributed by atoms with van der Waals surface area (Å²) < 4.78 is 54.7. The van der Waals surface area contributed by atoms with E-state index in [4.69, 9.17) is 14.2 Å². The predicted molar refractivity (Wildman–Crippen MR) is 132 cm³/mol. The number of halogens is 3. The summed E-state index contributed by atoms with van der Waals surface area (Å²) in [5.74, 6) is -0.0969. The Labute approximate surface area is 213 Å². The Morgan fingerprint density at radius 1 is 1.14 bits per heavy atom. The summed E-state index contributed by atoms with van der Waals surface area (Å²) >= 11 is 1.36. The highest BCUT2D eigenvalue weighted by molar-refractivity contribution is 7.99. The number of alkyl halides is 3. The van der Waals surface area contributed by atoms with E-state index in [1.807, 2.05) is 39.8 Å². The maximum Gasteiger partial charge on any atom is 0.513 e. The van der Waals surface area contributed by atoms with Crippen LogP contribution in [0.2, 0.25) is 0 Å². The van der Waals surface area contributed by atoms with Crippen molar-refractivity contribution in [1.29, 1.82) is 0 Å². The van der Waals surface area contributed by atoms with Gasteiger partial charge >= 0.3 is 18.3 Å². The van der Waals surface area contributed by atoms with Gasteiger partial charge < -0.3 is 14.2 Å². The van der Waals surface area contributed by atoms with Crippen molar-refractivity contribution in [3.05, 3.63) is 70.0 Å². The van der Waals surface area contributed by atoms with Crippen molar-refractivity contribution < 1.29 is 37.0 Å². The molecule has 194 valence electrons. The maximum atomic E-state index is 13.2. The van der Waals surface area contributed by atoms with E-state index >= 15 is 0 Å². The third kappa shape index (κ3) is 6.63. The van der Waals surface area contributed by atoms with Gasteiger partial charge in [0, 0.05) is 23.0 Å². The van der Waals surface area contributed by atoms with Crippen LogP contribution >= 0.6 is 11.8 Å². The highest BCUT2D eigenvalue weighted by Crippen LogP contribution is 2.38. The smallest absolute Gasteiger partial charge is 0.458 e. The largest absolute Gasteiger partial charge is 0.513 e. The molecule has 0 spiro atoms. The Morgan fingerprint density at radius 3 is 2.31 bits per heavy atom. The average molecular weight is 523 g/mol. The number of esters is 1. The van der Waals surface area contributed by atoms with Gasteiger partial charge in [0.15, 0.2) is 0 Å². The molecule has 36 heavy (non-hydrogen) atoms. The van der Waals surface area contributed by atoms with Gasteiger partial charge in [-0.15, -0.1) is 11.8 Å². The van der Waals surface area contributed by atoms with Crippen molar-refractivity contribution in [2.45, 2.75) is 58.2 Å². The van der Waals surface area contributed by atoms with Gasteiger partial charge in [-0.2, -0.15) is 13.2 Å². The van der Waals surface area contributed by atoms with Gasteiger partial charge in [-0.25, -0.2) is 9.59 Å². The molecule has 0 saturated heterocycles. The van der Waals surface area contributed by atoms with Crippen LogP contribution in [0.25, 0.3) is 5.57 Å². The van der Waals surface area contributed by atoms with Crippen molar-refractivity contribution in [1.82, 2.24) is 0 Å². The Kier molecular flexibility index (Phi) is 8.76. The van der Waals surface area contributed by atoms with Crippen LogP contribution in [0.1, 0.15) is 48.1 Å². The lowest BCUT2D eigenvalue weighted by atomic mass is 9.89. The number of carbonyl (C=O) groups is 2. The van der Waals surface area contributed by atoms with E-state index in [1.54, 1.807) is 6.92 Å². The number of rotatable bonds is 7. The number of benzene rings is 2. The molecule has 9 heteroatoms. The molecule has 0 fully saturated rings. The van der Waals surface area contributed by atoms with Crippen molar-refractivity contribution >= 4 is 29.5 Å². The van der Waals surface area contributed by atoms with E-state index < -0.39 is 30.0 Å². The van der Waals surface area contributed by atoms with Crippen LogP contribution in [0.5, 0.6) is 0 Å². The van der Waals surface area contributed by atoms with Crippen LogP contribution in [-0.2, 0) is 25.2 Å². The van der Waals surface area contributed by atoms with E-state index in [9.17, 15) is 22.8 Å². The second kappa shape index (κ2) is 11.4. The third-order valence-corrected chi connectivity index (χ3v) is 7.15. The number of thioether (sulfide) groups is 1. The summed E-state index contributed by atoms with van der Waals surface area (Å²) in [6, 6.07) is 8.81. The fourth-order valence-electron chi connectivity index (χ4n) is 4.19. The molecule has 1 aliphatic heterocycles. The van der Waals surface area contributed by atoms with Crippen molar-refractivity contribution in [2.75, 3.05) is 12.4 Å². The monoisotopic (exact) mass is 522 g/mol. The number of hydrogen-bond donors (Lipinski definition) is 0. The highest BCUT2D eigenvalue weighted by atomic mass is 32.2. The Balaban J connectivity index is 1.83. The first-order chi connectivity index (χ1) is 16.9. The minimum Gasteiger partial charge on any atom is -0.458 e. The molecule has 2 unspecified atom stereocenters.